The van der Waals surface area contributed by atoms with Gasteiger partial charge in [0.25, 0.3) is 5.91 Å². The fourth-order valence-corrected chi connectivity index (χ4v) is 2.04. The van der Waals surface area contributed by atoms with Crippen LogP contribution in [0, 0.1) is 5.92 Å². The molecule has 0 saturated carbocycles. The van der Waals surface area contributed by atoms with Crippen LogP contribution in [0.1, 0.15) is 63.4 Å². The normalized spacial score (nSPS) is 10.7. The van der Waals surface area contributed by atoms with Gasteiger partial charge >= 0.3 is 0 Å². The molecule has 0 bridgehead atoms. The number of rotatable bonds is 10. The zero-order chi connectivity index (χ0) is 15.5. The Morgan fingerprint density at radius 1 is 1.14 bits per heavy atom. The van der Waals surface area contributed by atoms with Crippen LogP contribution >= 0.6 is 0 Å². The molecule has 1 heterocycles. The molecule has 1 aromatic rings. The lowest BCUT2D eigenvalue weighted by molar-refractivity contribution is 0.0947. The quantitative estimate of drug-likeness (QED) is 0.650. The SMILES string of the molecule is CCNc1cnc(C(=O)NCCCCCCC(C)C)cn1. The summed E-state index contributed by atoms with van der Waals surface area (Å²) in [5.74, 6) is 1.33. The smallest absolute Gasteiger partial charge is 0.271 e. The second kappa shape index (κ2) is 10.1. The molecule has 0 aliphatic rings. The highest BCUT2D eigenvalue weighted by Gasteiger charge is 2.06. The molecular formula is C16H28N4O. The van der Waals surface area contributed by atoms with Crippen LogP contribution in [0.3, 0.4) is 0 Å². The van der Waals surface area contributed by atoms with E-state index in [2.05, 4.69) is 34.4 Å². The summed E-state index contributed by atoms with van der Waals surface area (Å²) < 4.78 is 0. The van der Waals surface area contributed by atoms with Gasteiger partial charge in [-0.25, -0.2) is 9.97 Å². The standard InChI is InChI=1S/C16H28N4O/c1-4-17-15-12-19-14(11-20-15)16(21)18-10-8-6-5-7-9-13(2)3/h11-13H,4-10H2,1-3H3,(H,17,20)(H,18,21). The maximum absolute atomic E-state index is 11.9. The molecule has 0 saturated heterocycles. The van der Waals surface area contributed by atoms with Crippen LogP contribution in [-0.4, -0.2) is 29.0 Å². The van der Waals surface area contributed by atoms with Crippen LogP contribution in [0.2, 0.25) is 0 Å². The average Bonchev–Trinajstić information content (AvgIpc) is 2.47. The van der Waals surface area contributed by atoms with E-state index in [0.717, 1.165) is 25.3 Å². The molecule has 1 aromatic heterocycles. The van der Waals surface area contributed by atoms with Gasteiger partial charge in [-0.2, -0.15) is 0 Å². The van der Waals surface area contributed by atoms with Crippen molar-refractivity contribution in [3.8, 4) is 0 Å². The number of anilines is 1. The number of carbonyl (C=O) groups excluding carboxylic acids is 1. The number of hydrogen-bond acceptors (Lipinski definition) is 4. The fraction of sp³-hybridized carbons (Fsp3) is 0.688. The molecule has 5 nitrogen and oxygen atoms in total. The zero-order valence-corrected chi connectivity index (χ0v) is 13.5. The Bertz CT molecular complexity index is 403. The molecule has 0 atom stereocenters. The number of unbranched alkanes of at least 4 members (excludes halogenated alkanes) is 3. The van der Waals surface area contributed by atoms with Crippen molar-refractivity contribution in [2.75, 3.05) is 18.4 Å². The van der Waals surface area contributed by atoms with Gasteiger partial charge in [0.05, 0.1) is 12.4 Å². The molecule has 0 unspecified atom stereocenters. The van der Waals surface area contributed by atoms with Crippen molar-refractivity contribution in [1.82, 2.24) is 15.3 Å². The maximum Gasteiger partial charge on any atom is 0.271 e. The third-order valence-corrected chi connectivity index (χ3v) is 3.24. The minimum Gasteiger partial charge on any atom is -0.369 e. The molecule has 0 aliphatic heterocycles. The van der Waals surface area contributed by atoms with Crippen molar-refractivity contribution in [2.45, 2.75) is 52.9 Å². The lowest BCUT2D eigenvalue weighted by atomic mass is 10.0. The second-order valence-electron chi connectivity index (χ2n) is 5.67. The first-order chi connectivity index (χ1) is 10.1. The number of amides is 1. The largest absolute Gasteiger partial charge is 0.369 e. The minimum atomic E-state index is -0.146. The van der Waals surface area contributed by atoms with Crippen LogP contribution in [0.5, 0.6) is 0 Å². The molecule has 2 N–H and O–H groups in total. The molecule has 118 valence electrons. The second-order valence-corrected chi connectivity index (χ2v) is 5.67. The molecule has 1 rings (SSSR count). The van der Waals surface area contributed by atoms with E-state index < -0.39 is 0 Å². The van der Waals surface area contributed by atoms with E-state index in [1.54, 1.807) is 6.20 Å². The summed E-state index contributed by atoms with van der Waals surface area (Å²) in [5, 5.41) is 5.94. The summed E-state index contributed by atoms with van der Waals surface area (Å²) in [5.41, 5.74) is 0.372. The van der Waals surface area contributed by atoms with Crippen LogP contribution in [0.25, 0.3) is 0 Å². The lowest BCUT2D eigenvalue weighted by Crippen LogP contribution is -2.25. The van der Waals surface area contributed by atoms with Crippen LogP contribution in [-0.2, 0) is 0 Å². The Balaban J connectivity index is 2.15. The van der Waals surface area contributed by atoms with Crippen molar-refractivity contribution in [3.05, 3.63) is 18.1 Å². The highest BCUT2D eigenvalue weighted by molar-refractivity contribution is 5.91. The van der Waals surface area contributed by atoms with E-state index in [0.29, 0.717) is 18.1 Å². The van der Waals surface area contributed by atoms with Gasteiger partial charge in [0, 0.05) is 13.1 Å². The fourth-order valence-electron chi connectivity index (χ4n) is 2.04. The van der Waals surface area contributed by atoms with E-state index in [-0.39, 0.29) is 5.91 Å². The first-order valence-electron chi connectivity index (χ1n) is 7.97. The molecule has 0 radical (unpaired) electrons. The van der Waals surface area contributed by atoms with E-state index in [1.807, 2.05) is 6.92 Å². The number of aromatic nitrogens is 2. The summed E-state index contributed by atoms with van der Waals surface area (Å²) in [6.45, 7) is 7.99. The summed E-state index contributed by atoms with van der Waals surface area (Å²) in [6, 6.07) is 0. The monoisotopic (exact) mass is 292 g/mol. The first-order valence-corrected chi connectivity index (χ1v) is 7.97. The Morgan fingerprint density at radius 2 is 1.90 bits per heavy atom. The van der Waals surface area contributed by atoms with Crippen molar-refractivity contribution < 1.29 is 4.79 Å². The van der Waals surface area contributed by atoms with Crippen LogP contribution in [0.15, 0.2) is 12.4 Å². The highest BCUT2D eigenvalue weighted by atomic mass is 16.1. The average molecular weight is 292 g/mol. The van der Waals surface area contributed by atoms with E-state index in [9.17, 15) is 4.79 Å². The van der Waals surface area contributed by atoms with Gasteiger partial charge in [-0.05, 0) is 19.3 Å². The van der Waals surface area contributed by atoms with Crippen molar-refractivity contribution in [2.24, 2.45) is 5.92 Å². The Kier molecular flexibility index (Phi) is 8.40. The van der Waals surface area contributed by atoms with E-state index in [4.69, 9.17) is 0 Å². The summed E-state index contributed by atoms with van der Waals surface area (Å²) in [4.78, 5) is 20.1. The molecule has 0 fully saturated rings. The molecule has 0 spiro atoms. The first kappa shape index (κ1) is 17.4. The number of nitrogens with one attached hydrogen (secondary N) is 2. The van der Waals surface area contributed by atoms with Gasteiger partial charge < -0.3 is 10.6 Å². The van der Waals surface area contributed by atoms with Gasteiger partial charge in [0.1, 0.15) is 11.5 Å². The van der Waals surface area contributed by atoms with Crippen molar-refractivity contribution in [3.63, 3.8) is 0 Å². The molecule has 0 aromatic carbocycles. The summed E-state index contributed by atoms with van der Waals surface area (Å²) >= 11 is 0. The maximum atomic E-state index is 11.9. The van der Waals surface area contributed by atoms with Crippen LogP contribution in [0.4, 0.5) is 5.82 Å². The number of nitrogens with zero attached hydrogens (tertiary/aromatic N) is 2. The van der Waals surface area contributed by atoms with Gasteiger partial charge in [-0.3, -0.25) is 4.79 Å². The lowest BCUT2D eigenvalue weighted by Gasteiger charge is -2.06. The zero-order valence-electron chi connectivity index (χ0n) is 13.5. The predicted octanol–water partition coefficient (Wildman–Crippen LogP) is 3.24. The summed E-state index contributed by atoms with van der Waals surface area (Å²) in [6.07, 6.45) is 9.10. The summed E-state index contributed by atoms with van der Waals surface area (Å²) in [7, 11) is 0. The van der Waals surface area contributed by atoms with Crippen molar-refractivity contribution >= 4 is 11.7 Å². The van der Waals surface area contributed by atoms with Gasteiger partial charge in [-0.15, -0.1) is 0 Å². The number of carbonyl (C=O) groups is 1. The predicted molar refractivity (Wildman–Crippen MR) is 86.5 cm³/mol. The molecule has 5 heteroatoms. The number of hydrogen-bond donors (Lipinski definition) is 2. The third-order valence-electron chi connectivity index (χ3n) is 3.24. The van der Waals surface area contributed by atoms with E-state index >= 15 is 0 Å². The molecule has 0 aliphatic carbocycles. The topological polar surface area (TPSA) is 66.9 Å². The van der Waals surface area contributed by atoms with E-state index in [1.165, 1.54) is 25.5 Å². The molecule has 21 heavy (non-hydrogen) atoms. The van der Waals surface area contributed by atoms with Crippen molar-refractivity contribution in [1.29, 1.82) is 0 Å². The Hall–Kier alpha value is -1.65. The van der Waals surface area contributed by atoms with Gasteiger partial charge in [0.2, 0.25) is 0 Å². The highest BCUT2D eigenvalue weighted by Crippen LogP contribution is 2.09. The van der Waals surface area contributed by atoms with Crippen LogP contribution < -0.4 is 10.6 Å². The van der Waals surface area contributed by atoms with Gasteiger partial charge in [-0.1, -0.05) is 39.5 Å². The Labute approximate surface area is 128 Å². The molecule has 1 amide bonds. The minimum absolute atomic E-state index is 0.146. The Morgan fingerprint density at radius 3 is 2.52 bits per heavy atom. The molecular weight excluding hydrogens is 264 g/mol. The van der Waals surface area contributed by atoms with Gasteiger partial charge in [0.15, 0.2) is 0 Å². The third kappa shape index (κ3) is 7.63.